The molecule has 2 rings (SSSR count). The highest BCUT2D eigenvalue weighted by molar-refractivity contribution is 5.99. The van der Waals surface area contributed by atoms with Crippen LogP contribution < -0.4 is 10.6 Å². The highest BCUT2D eigenvalue weighted by atomic mass is 16.2. The zero-order valence-corrected chi connectivity index (χ0v) is 17.6. The molecule has 28 heavy (non-hydrogen) atoms. The number of carbonyl (C=O) groups is 1. The summed E-state index contributed by atoms with van der Waals surface area (Å²) in [6.07, 6.45) is 11.6. The molecule has 2 amide bonds. The van der Waals surface area contributed by atoms with E-state index in [0.29, 0.717) is 0 Å². The van der Waals surface area contributed by atoms with Crippen molar-refractivity contribution in [1.29, 1.82) is 0 Å². The number of unbranched alkanes of at least 4 members (excludes halogenated alkanes) is 6. The van der Waals surface area contributed by atoms with Crippen LogP contribution in [0.4, 0.5) is 16.2 Å². The molecule has 0 radical (unpaired) electrons. The molecular weight excluding hydrogens is 344 g/mol. The number of para-hydroxylation sites is 2. The minimum Gasteiger partial charge on any atom is -0.351 e. The number of rotatable bonds is 12. The Hall–Kier alpha value is -2.29. The van der Waals surface area contributed by atoms with Gasteiger partial charge in [-0.3, -0.25) is 4.90 Å². The van der Waals surface area contributed by atoms with E-state index < -0.39 is 6.03 Å². The van der Waals surface area contributed by atoms with Crippen molar-refractivity contribution in [3.05, 3.63) is 59.7 Å². The van der Waals surface area contributed by atoms with Crippen LogP contribution >= 0.6 is 0 Å². The monoisotopic (exact) mass is 380 g/mol. The van der Waals surface area contributed by atoms with Crippen molar-refractivity contribution in [1.82, 2.24) is 0 Å². The molecule has 0 bridgehead atoms. The number of hydrogen-bond donors (Lipinski definition) is 1. The molecule has 0 saturated heterocycles. The normalized spacial score (nSPS) is 10.8. The van der Waals surface area contributed by atoms with Gasteiger partial charge in [0, 0.05) is 0 Å². The highest BCUT2D eigenvalue weighted by Gasteiger charge is 2.20. The van der Waals surface area contributed by atoms with Gasteiger partial charge in [0.15, 0.2) is 0 Å². The van der Waals surface area contributed by atoms with Crippen LogP contribution in [0.15, 0.2) is 48.5 Å². The van der Waals surface area contributed by atoms with Crippen molar-refractivity contribution in [2.45, 2.75) is 78.1 Å². The molecule has 2 N–H and O–H groups in total. The van der Waals surface area contributed by atoms with Gasteiger partial charge in [0.05, 0.1) is 11.4 Å². The lowest BCUT2D eigenvalue weighted by Gasteiger charge is -2.26. The maximum Gasteiger partial charge on any atom is 0.323 e. The van der Waals surface area contributed by atoms with Crippen molar-refractivity contribution in [3.63, 3.8) is 0 Å². The van der Waals surface area contributed by atoms with Crippen LogP contribution in [0.3, 0.4) is 0 Å². The Morgan fingerprint density at radius 1 is 0.714 bits per heavy atom. The topological polar surface area (TPSA) is 46.3 Å². The minimum absolute atomic E-state index is 0.415. The van der Waals surface area contributed by atoms with Crippen molar-refractivity contribution in [2.75, 3.05) is 4.90 Å². The van der Waals surface area contributed by atoms with Gasteiger partial charge in [-0.25, -0.2) is 4.79 Å². The third kappa shape index (κ3) is 6.40. The molecule has 2 aromatic rings. The molecule has 0 fully saturated rings. The SMILES string of the molecule is CCCCCCc1ccccc1N(C(N)=O)c1ccccc1CCCCCC. The molecule has 0 atom stereocenters. The van der Waals surface area contributed by atoms with E-state index in [-0.39, 0.29) is 0 Å². The van der Waals surface area contributed by atoms with E-state index in [0.717, 1.165) is 37.1 Å². The summed E-state index contributed by atoms with van der Waals surface area (Å²) in [7, 11) is 0. The molecule has 0 aromatic heterocycles. The second-order valence-electron chi connectivity index (χ2n) is 7.55. The molecular formula is C25H36N2O. The first-order valence-corrected chi connectivity index (χ1v) is 10.9. The molecule has 0 aliphatic heterocycles. The molecule has 2 aromatic carbocycles. The van der Waals surface area contributed by atoms with Crippen LogP contribution in [0.25, 0.3) is 0 Å². The fraction of sp³-hybridized carbons (Fsp3) is 0.480. The van der Waals surface area contributed by atoms with Gasteiger partial charge in [0.25, 0.3) is 0 Å². The number of nitrogens with two attached hydrogens (primary N) is 1. The number of aryl methyl sites for hydroxylation is 2. The Balaban J connectivity index is 2.28. The standard InChI is InChI=1S/C25H36N2O/c1-3-5-7-9-15-21-17-11-13-19-23(21)27(25(26)28)24-20-14-12-18-22(24)16-10-8-6-4-2/h11-14,17-20H,3-10,15-16H2,1-2H3,(H2,26,28). The number of amides is 2. The first kappa shape index (κ1) is 22.0. The zero-order valence-electron chi connectivity index (χ0n) is 17.6. The van der Waals surface area contributed by atoms with Crippen molar-refractivity contribution >= 4 is 17.4 Å². The maximum atomic E-state index is 12.5. The number of carbonyl (C=O) groups excluding carboxylic acids is 1. The summed E-state index contributed by atoms with van der Waals surface area (Å²) in [5, 5.41) is 0. The summed E-state index contributed by atoms with van der Waals surface area (Å²) in [5.74, 6) is 0. The second-order valence-corrected chi connectivity index (χ2v) is 7.55. The third-order valence-corrected chi connectivity index (χ3v) is 5.28. The van der Waals surface area contributed by atoms with Crippen LogP contribution in [0.2, 0.25) is 0 Å². The van der Waals surface area contributed by atoms with Crippen LogP contribution in [0, 0.1) is 0 Å². The van der Waals surface area contributed by atoms with E-state index in [9.17, 15) is 4.79 Å². The Labute approximate surface area is 170 Å². The Kier molecular flexibility index (Phi) is 9.61. The van der Waals surface area contributed by atoms with E-state index in [1.54, 1.807) is 4.90 Å². The fourth-order valence-corrected chi connectivity index (χ4v) is 3.73. The zero-order chi connectivity index (χ0) is 20.2. The molecule has 0 spiro atoms. The average molecular weight is 381 g/mol. The molecule has 0 heterocycles. The quantitative estimate of drug-likeness (QED) is 0.390. The van der Waals surface area contributed by atoms with Crippen LogP contribution in [-0.2, 0) is 12.8 Å². The van der Waals surface area contributed by atoms with Gasteiger partial charge in [-0.15, -0.1) is 0 Å². The molecule has 0 aliphatic carbocycles. The summed E-state index contributed by atoms with van der Waals surface area (Å²) in [6.45, 7) is 4.44. The molecule has 152 valence electrons. The van der Waals surface area contributed by atoms with Gasteiger partial charge in [0.2, 0.25) is 0 Å². The minimum atomic E-state index is -0.415. The molecule has 0 aliphatic rings. The van der Waals surface area contributed by atoms with Crippen LogP contribution in [0.1, 0.15) is 76.3 Å². The maximum absolute atomic E-state index is 12.5. The first-order chi connectivity index (χ1) is 13.7. The first-order valence-electron chi connectivity index (χ1n) is 10.9. The predicted molar refractivity (Wildman–Crippen MR) is 120 cm³/mol. The van der Waals surface area contributed by atoms with Crippen LogP contribution in [0.5, 0.6) is 0 Å². The lowest BCUT2D eigenvalue weighted by Crippen LogP contribution is -2.33. The fourth-order valence-electron chi connectivity index (χ4n) is 3.73. The van der Waals surface area contributed by atoms with E-state index >= 15 is 0 Å². The van der Waals surface area contributed by atoms with E-state index in [1.807, 2.05) is 24.3 Å². The van der Waals surface area contributed by atoms with Gasteiger partial charge in [-0.1, -0.05) is 88.8 Å². The summed E-state index contributed by atoms with van der Waals surface area (Å²) < 4.78 is 0. The second kappa shape index (κ2) is 12.2. The highest BCUT2D eigenvalue weighted by Crippen LogP contribution is 2.32. The number of hydrogen-bond acceptors (Lipinski definition) is 1. The predicted octanol–water partition coefficient (Wildman–Crippen LogP) is 7.15. The number of urea groups is 1. The molecule has 3 nitrogen and oxygen atoms in total. The summed E-state index contributed by atoms with van der Waals surface area (Å²) in [5.41, 5.74) is 10.1. The van der Waals surface area contributed by atoms with Gasteiger partial charge in [-0.05, 0) is 48.9 Å². The Morgan fingerprint density at radius 2 is 1.14 bits per heavy atom. The Morgan fingerprint density at radius 3 is 1.54 bits per heavy atom. The lowest BCUT2D eigenvalue weighted by atomic mass is 10.0. The largest absolute Gasteiger partial charge is 0.351 e. The third-order valence-electron chi connectivity index (χ3n) is 5.28. The number of nitrogens with zero attached hydrogens (tertiary/aromatic N) is 1. The molecule has 0 saturated carbocycles. The number of benzene rings is 2. The molecule has 0 unspecified atom stereocenters. The Bertz CT molecular complexity index is 670. The number of primary amides is 1. The van der Waals surface area contributed by atoms with Crippen molar-refractivity contribution < 1.29 is 4.79 Å². The van der Waals surface area contributed by atoms with Gasteiger partial charge >= 0.3 is 6.03 Å². The summed E-state index contributed by atoms with van der Waals surface area (Å²) in [4.78, 5) is 14.2. The van der Waals surface area contributed by atoms with Gasteiger partial charge in [-0.2, -0.15) is 0 Å². The van der Waals surface area contributed by atoms with Gasteiger partial charge < -0.3 is 5.73 Å². The molecule has 3 heteroatoms. The van der Waals surface area contributed by atoms with Crippen molar-refractivity contribution in [3.8, 4) is 0 Å². The average Bonchev–Trinajstić information content (AvgIpc) is 2.70. The lowest BCUT2D eigenvalue weighted by molar-refractivity contribution is 0.256. The summed E-state index contributed by atoms with van der Waals surface area (Å²) >= 11 is 0. The summed E-state index contributed by atoms with van der Waals surface area (Å²) in [6, 6.07) is 16.0. The number of anilines is 2. The van der Waals surface area contributed by atoms with Crippen molar-refractivity contribution in [2.24, 2.45) is 5.73 Å². The van der Waals surface area contributed by atoms with E-state index in [1.165, 1.54) is 49.7 Å². The van der Waals surface area contributed by atoms with E-state index in [4.69, 9.17) is 5.73 Å². The van der Waals surface area contributed by atoms with E-state index in [2.05, 4.69) is 38.1 Å². The van der Waals surface area contributed by atoms with Gasteiger partial charge in [0.1, 0.15) is 0 Å². The van der Waals surface area contributed by atoms with Crippen LogP contribution in [-0.4, -0.2) is 6.03 Å². The smallest absolute Gasteiger partial charge is 0.323 e.